The lowest BCUT2D eigenvalue weighted by atomic mass is 9.91. The van der Waals surface area contributed by atoms with Crippen molar-refractivity contribution in [2.24, 2.45) is 23.7 Å². The Morgan fingerprint density at radius 2 is 2.15 bits per heavy atom. The number of rotatable bonds is 3. The van der Waals surface area contributed by atoms with Gasteiger partial charge in [0.25, 0.3) is 0 Å². The van der Waals surface area contributed by atoms with Crippen LogP contribution in [0.1, 0.15) is 40.0 Å². The molecule has 76 valence electrons. The van der Waals surface area contributed by atoms with Gasteiger partial charge in [0.15, 0.2) is 0 Å². The molecule has 0 N–H and O–H groups in total. The Morgan fingerprint density at radius 1 is 1.38 bits per heavy atom. The molecule has 0 aromatic heterocycles. The van der Waals surface area contributed by atoms with Gasteiger partial charge in [-0.25, -0.2) is 0 Å². The van der Waals surface area contributed by atoms with Crippen LogP contribution in [0.4, 0.5) is 0 Å². The molecule has 2 aliphatic rings. The quantitative estimate of drug-likeness (QED) is 0.651. The maximum absolute atomic E-state index is 5.71. The fourth-order valence-corrected chi connectivity index (χ4v) is 3.52. The largest absolute Gasteiger partial charge is 0.378 e. The summed E-state index contributed by atoms with van der Waals surface area (Å²) >= 11 is 0. The first-order valence-electron chi connectivity index (χ1n) is 5.87. The highest BCUT2D eigenvalue weighted by atomic mass is 16.5. The van der Waals surface area contributed by atoms with Gasteiger partial charge in [-0.15, -0.1) is 0 Å². The van der Waals surface area contributed by atoms with E-state index in [0.29, 0.717) is 6.10 Å². The molecular formula is C12H22O. The monoisotopic (exact) mass is 182 g/mol. The third-order valence-corrected chi connectivity index (χ3v) is 4.12. The van der Waals surface area contributed by atoms with E-state index in [1.807, 2.05) is 0 Å². The predicted molar refractivity (Wildman–Crippen MR) is 54.6 cm³/mol. The van der Waals surface area contributed by atoms with E-state index in [2.05, 4.69) is 20.8 Å². The Hall–Kier alpha value is -0.0400. The molecule has 0 unspecified atom stereocenters. The first kappa shape index (κ1) is 9.51. The third-order valence-electron chi connectivity index (χ3n) is 4.12. The van der Waals surface area contributed by atoms with Crippen LogP contribution in [0, 0.1) is 23.7 Å². The van der Waals surface area contributed by atoms with E-state index < -0.39 is 0 Å². The highest BCUT2D eigenvalue weighted by Crippen LogP contribution is 2.59. The normalized spacial score (nSPS) is 45.5. The van der Waals surface area contributed by atoms with E-state index in [0.717, 1.165) is 30.3 Å². The van der Waals surface area contributed by atoms with Crippen molar-refractivity contribution in [1.82, 2.24) is 0 Å². The van der Waals surface area contributed by atoms with Crippen molar-refractivity contribution in [3.05, 3.63) is 0 Å². The summed E-state index contributed by atoms with van der Waals surface area (Å²) in [5, 5.41) is 0. The zero-order chi connectivity index (χ0) is 9.42. The van der Waals surface area contributed by atoms with E-state index in [9.17, 15) is 0 Å². The predicted octanol–water partition coefficient (Wildman–Crippen LogP) is 3.09. The van der Waals surface area contributed by atoms with Crippen LogP contribution in [0.2, 0.25) is 0 Å². The summed E-state index contributed by atoms with van der Waals surface area (Å²) in [6.45, 7) is 7.67. The number of hydrogen-bond donors (Lipinski definition) is 0. The number of ether oxygens (including phenoxy) is 1. The van der Waals surface area contributed by atoms with Gasteiger partial charge in [0, 0.05) is 6.61 Å². The van der Waals surface area contributed by atoms with Crippen molar-refractivity contribution in [2.75, 3.05) is 6.61 Å². The van der Waals surface area contributed by atoms with Crippen LogP contribution in [0.3, 0.4) is 0 Å². The molecule has 0 aromatic carbocycles. The van der Waals surface area contributed by atoms with Gasteiger partial charge in [-0.1, -0.05) is 19.8 Å². The van der Waals surface area contributed by atoms with Crippen LogP contribution >= 0.6 is 0 Å². The average molecular weight is 182 g/mol. The molecule has 0 radical (unpaired) electrons. The minimum Gasteiger partial charge on any atom is -0.378 e. The van der Waals surface area contributed by atoms with Gasteiger partial charge in [-0.3, -0.25) is 0 Å². The van der Waals surface area contributed by atoms with E-state index in [-0.39, 0.29) is 0 Å². The van der Waals surface area contributed by atoms with E-state index in [1.54, 1.807) is 0 Å². The molecule has 0 saturated heterocycles. The standard InChI is InChI=1S/C12H22O/c1-4-13-9(3)12-10-7-5-6-8(2)11(10)12/h8-12H,4-7H2,1-3H3/t8-,9-,10-,11+,12-/m1/s1. The van der Waals surface area contributed by atoms with Gasteiger partial charge in [0.05, 0.1) is 6.10 Å². The second-order valence-electron chi connectivity index (χ2n) is 4.89. The number of fused-ring (bicyclic) bond motifs is 1. The van der Waals surface area contributed by atoms with Crippen LogP contribution in [0.5, 0.6) is 0 Å². The lowest BCUT2D eigenvalue weighted by molar-refractivity contribution is 0.0528. The fourth-order valence-electron chi connectivity index (χ4n) is 3.52. The average Bonchev–Trinajstić information content (AvgIpc) is 2.80. The lowest BCUT2D eigenvalue weighted by Crippen LogP contribution is -2.13. The smallest absolute Gasteiger partial charge is 0.0580 e. The SMILES string of the molecule is CCO[C@H](C)[C@@H]1[C@@H]2CCC[C@@H](C)[C@@H]21. The maximum atomic E-state index is 5.71. The molecule has 0 heterocycles. The molecule has 5 atom stereocenters. The molecule has 2 fully saturated rings. The molecule has 1 heteroatoms. The molecule has 2 saturated carbocycles. The van der Waals surface area contributed by atoms with Crippen molar-refractivity contribution in [3.63, 3.8) is 0 Å². The molecule has 1 nitrogen and oxygen atoms in total. The highest BCUT2D eigenvalue weighted by Gasteiger charge is 2.56. The van der Waals surface area contributed by atoms with Crippen LogP contribution in [0.25, 0.3) is 0 Å². The van der Waals surface area contributed by atoms with E-state index in [4.69, 9.17) is 4.74 Å². The zero-order valence-corrected chi connectivity index (χ0v) is 9.12. The van der Waals surface area contributed by atoms with E-state index >= 15 is 0 Å². The van der Waals surface area contributed by atoms with Crippen LogP contribution in [-0.2, 0) is 4.74 Å². The minimum atomic E-state index is 0.514. The summed E-state index contributed by atoms with van der Waals surface area (Å²) in [4.78, 5) is 0. The van der Waals surface area contributed by atoms with Gasteiger partial charge >= 0.3 is 0 Å². The molecule has 0 spiro atoms. The van der Waals surface area contributed by atoms with Crippen molar-refractivity contribution in [1.29, 1.82) is 0 Å². The molecule has 0 amide bonds. The van der Waals surface area contributed by atoms with Gasteiger partial charge in [0.2, 0.25) is 0 Å². The minimum absolute atomic E-state index is 0.514. The Labute approximate surface area is 81.9 Å². The molecule has 0 aliphatic heterocycles. The Balaban J connectivity index is 1.89. The van der Waals surface area contributed by atoms with Crippen molar-refractivity contribution >= 4 is 0 Å². The highest BCUT2D eigenvalue weighted by molar-refractivity contribution is 5.04. The Morgan fingerprint density at radius 3 is 2.77 bits per heavy atom. The van der Waals surface area contributed by atoms with Crippen molar-refractivity contribution in [2.45, 2.75) is 46.1 Å². The fraction of sp³-hybridized carbons (Fsp3) is 1.00. The summed E-state index contributed by atoms with van der Waals surface area (Å²) in [7, 11) is 0. The Bertz CT molecular complexity index is 178. The second-order valence-corrected chi connectivity index (χ2v) is 4.89. The molecular weight excluding hydrogens is 160 g/mol. The number of hydrogen-bond acceptors (Lipinski definition) is 1. The summed E-state index contributed by atoms with van der Waals surface area (Å²) < 4.78 is 5.71. The Kier molecular flexibility index (Phi) is 2.64. The van der Waals surface area contributed by atoms with Crippen LogP contribution < -0.4 is 0 Å². The van der Waals surface area contributed by atoms with Gasteiger partial charge in [-0.2, -0.15) is 0 Å². The van der Waals surface area contributed by atoms with Gasteiger partial charge < -0.3 is 4.74 Å². The van der Waals surface area contributed by atoms with Gasteiger partial charge in [0.1, 0.15) is 0 Å². The first-order chi connectivity index (χ1) is 6.25. The third kappa shape index (κ3) is 1.63. The zero-order valence-electron chi connectivity index (χ0n) is 9.12. The summed E-state index contributed by atoms with van der Waals surface area (Å²) in [6.07, 6.45) is 4.89. The van der Waals surface area contributed by atoms with Crippen molar-refractivity contribution in [3.8, 4) is 0 Å². The lowest BCUT2D eigenvalue weighted by Gasteiger charge is -2.15. The summed E-state index contributed by atoms with van der Waals surface area (Å²) in [5.74, 6) is 3.89. The second kappa shape index (κ2) is 3.61. The van der Waals surface area contributed by atoms with Crippen molar-refractivity contribution < 1.29 is 4.74 Å². The summed E-state index contributed by atoms with van der Waals surface area (Å²) in [5.41, 5.74) is 0. The molecule has 0 aromatic rings. The molecule has 2 rings (SSSR count). The van der Waals surface area contributed by atoms with Gasteiger partial charge in [-0.05, 0) is 43.9 Å². The summed E-state index contributed by atoms with van der Waals surface area (Å²) in [6, 6.07) is 0. The topological polar surface area (TPSA) is 9.23 Å². The molecule has 13 heavy (non-hydrogen) atoms. The van der Waals surface area contributed by atoms with Crippen LogP contribution in [-0.4, -0.2) is 12.7 Å². The first-order valence-corrected chi connectivity index (χ1v) is 5.87. The molecule has 2 aliphatic carbocycles. The molecule has 0 bridgehead atoms. The van der Waals surface area contributed by atoms with Crippen LogP contribution in [0.15, 0.2) is 0 Å². The maximum Gasteiger partial charge on any atom is 0.0580 e. The van der Waals surface area contributed by atoms with E-state index in [1.165, 1.54) is 19.3 Å².